The number of allylic oxidation sites excluding steroid dienone is 3. The van der Waals surface area contributed by atoms with Crippen molar-refractivity contribution in [2.24, 2.45) is 0 Å². The minimum atomic E-state index is -0.842. The number of aliphatic hydroxyl groups excluding tert-OH is 2. The largest absolute Gasteiger partial charge is 0.466 e. The van der Waals surface area contributed by atoms with Gasteiger partial charge < -0.3 is 20.3 Å². The SMILES string of the molecule is CCCCCC/C=C\CCCCCCCC(=O)OCCCCCCCCCCCCCCCCCCCCCCCCCCC(=O)NC(CO)C(O)/C=C/CCCCCCCCCCCC. The monoisotopic (exact) mass is 930 g/mol. The van der Waals surface area contributed by atoms with Crippen LogP contribution in [0, 0.1) is 0 Å². The van der Waals surface area contributed by atoms with E-state index in [1.807, 2.05) is 6.08 Å². The van der Waals surface area contributed by atoms with Crippen molar-refractivity contribution in [1.29, 1.82) is 0 Å². The lowest BCUT2D eigenvalue weighted by atomic mass is 10.0. The lowest BCUT2D eigenvalue weighted by Crippen LogP contribution is -2.45. The molecule has 0 radical (unpaired) electrons. The Morgan fingerprint density at radius 3 is 1.09 bits per heavy atom. The summed E-state index contributed by atoms with van der Waals surface area (Å²) >= 11 is 0. The molecule has 0 aromatic heterocycles. The highest BCUT2D eigenvalue weighted by atomic mass is 16.5. The number of ether oxygens (including phenoxy) is 1. The number of amides is 1. The smallest absolute Gasteiger partial charge is 0.305 e. The number of hydrogen-bond acceptors (Lipinski definition) is 5. The Morgan fingerprint density at radius 2 is 0.712 bits per heavy atom. The van der Waals surface area contributed by atoms with Crippen molar-refractivity contribution in [3.8, 4) is 0 Å². The molecule has 0 fully saturated rings. The van der Waals surface area contributed by atoms with E-state index in [1.54, 1.807) is 6.08 Å². The minimum absolute atomic E-state index is 0.00568. The summed E-state index contributed by atoms with van der Waals surface area (Å²) in [5.74, 6) is -0.0612. The zero-order valence-electron chi connectivity index (χ0n) is 44.4. The normalized spacial score (nSPS) is 12.7. The maximum Gasteiger partial charge on any atom is 0.305 e. The van der Waals surface area contributed by atoms with E-state index >= 15 is 0 Å². The van der Waals surface area contributed by atoms with Crippen molar-refractivity contribution in [1.82, 2.24) is 5.32 Å². The van der Waals surface area contributed by atoms with Crippen molar-refractivity contribution in [2.75, 3.05) is 13.2 Å². The Morgan fingerprint density at radius 1 is 0.409 bits per heavy atom. The number of aliphatic hydroxyl groups is 2. The van der Waals surface area contributed by atoms with E-state index in [1.165, 1.54) is 250 Å². The molecule has 0 aliphatic carbocycles. The van der Waals surface area contributed by atoms with E-state index in [0.29, 0.717) is 19.4 Å². The van der Waals surface area contributed by atoms with E-state index in [0.717, 1.165) is 44.9 Å². The predicted octanol–water partition coefficient (Wildman–Crippen LogP) is 18.2. The number of rotatable bonds is 55. The van der Waals surface area contributed by atoms with Crippen LogP contribution in [0.4, 0.5) is 0 Å². The molecular weight excluding hydrogens is 815 g/mol. The number of hydrogen-bond donors (Lipinski definition) is 3. The van der Waals surface area contributed by atoms with Gasteiger partial charge in [-0.05, 0) is 57.8 Å². The van der Waals surface area contributed by atoms with Gasteiger partial charge in [0.15, 0.2) is 0 Å². The molecule has 0 aliphatic rings. The number of nitrogens with one attached hydrogen (secondary N) is 1. The molecule has 0 aromatic rings. The highest BCUT2D eigenvalue weighted by Crippen LogP contribution is 2.17. The molecule has 2 atom stereocenters. The van der Waals surface area contributed by atoms with Crippen LogP contribution in [0.5, 0.6) is 0 Å². The second kappa shape index (κ2) is 55.9. The van der Waals surface area contributed by atoms with Crippen molar-refractivity contribution in [3.05, 3.63) is 24.3 Å². The molecule has 0 spiro atoms. The maximum absolute atomic E-state index is 12.4. The molecule has 66 heavy (non-hydrogen) atoms. The molecule has 0 heterocycles. The summed E-state index contributed by atoms with van der Waals surface area (Å²) in [7, 11) is 0. The van der Waals surface area contributed by atoms with E-state index in [2.05, 4.69) is 31.3 Å². The molecule has 2 unspecified atom stereocenters. The van der Waals surface area contributed by atoms with Crippen molar-refractivity contribution in [2.45, 2.75) is 334 Å². The number of unbranched alkanes of at least 4 members (excludes halogenated alkanes) is 42. The first-order chi connectivity index (χ1) is 32.5. The second-order valence-electron chi connectivity index (χ2n) is 20.3. The Balaban J connectivity index is 3.37. The van der Waals surface area contributed by atoms with Crippen LogP contribution in [0.3, 0.4) is 0 Å². The van der Waals surface area contributed by atoms with Crippen molar-refractivity contribution in [3.63, 3.8) is 0 Å². The fourth-order valence-corrected chi connectivity index (χ4v) is 9.16. The highest BCUT2D eigenvalue weighted by molar-refractivity contribution is 5.76. The molecule has 0 aromatic carbocycles. The Kier molecular flexibility index (Phi) is 54.5. The first-order valence-electron chi connectivity index (χ1n) is 29.6. The van der Waals surface area contributed by atoms with E-state index in [-0.39, 0.29) is 18.5 Å². The fourth-order valence-electron chi connectivity index (χ4n) is 9.16. The standard InChI is InChI=1S/C60H115NO5/c1-3-5-7-9-11-13-15-29-34-38-42-46-50-54-60(65)66-55-51-47-43-39-35-31-28-26-24-22-20-18-17-19-21-23-25-27-30-33-37-41-45-49-53-59(64)61-57(56-62)58(63)52-48-44-40-36-32-16-14-12-10-8-6-4-2/h13,15,48,52,57-58,62-63H,3-12,14,16-47,49-51,53-56H2,1-2H3,(H,61,64)/b15-13-,52-48+. The first kappa shape index (κ1) is 64.3. The third-order valence-corrected chi connectivity index (χ3v) is 13.7. The summed E-state index contributed by atoms with van der Waals surface area (Å²) in [6.45, 7) is 4.89. The van der Waals surface area contributed by atoms with E-state index in [4.69, 9.17) is 4.74 Å². The molecule has 3 N–H and O–H groups in total. The molecule has 390 valence electrons. The average molecular weight is 931 g/mol. The zero-order chi connectivity index (χ0) is 47.9. The van der Waals surface area contributed by atoms with Crippen LogP contribution in [0.15, 0.2) is 24.3 Å². The van der Waals surface area contributed by atoms with Crippen LogP contribution in [0.25, 0.3) is 0 Å². The number of esters is 1. The Bertz CT molecular complexity index is 1030. The average Bonchev–Trinajstić information content (AvgIpc) is 3.32. The molecule has 6 heteroatoms. The van der Waals surface area contributed by atoms with E-state index < -0.39 is 12.1 Å². The summed E-state index contributed by atoms with van der Waals surface area (Å²) in [4.78, 5) is 24.4. The fraction of sp³-hybridized carbons (Fsp3) is 0.900. The summed E-state index contributed by atoms with van der Waals surface area (Å²) in [5.41, 5.74) is 0. The summed E-state index contributed by atoms with van der Waals surface area (Å²) < 4.78 is 5.47. The second-order valence-corrected chi connectivity index (χ2v) is 20.3. The molecule has 0 bridgehead atoms. The number of carbonyl (C=O) groups is 2. The lowest BCUT2D eigenvalue weighted by molar-refractivity contribution is -0.143. The summed E-state index contributed by atoms with van der Waals surface area (Å²) in [5, 5.41) is 23.0. The molecular formula is C60H115NO5. The molecule has 6 nitrogen and oxygen atoms in total. The lowest BCUT2D eigenvalue weighted by Gasteiger charge is -2.20. The van der Waals surface area contributed by atoms with Gasteiger partial charge in [-0.15, -0.1) is 0 Å². The van der Waals surface area contributed by atoms with Gasteiger partial charge in [0.25, 0.3) is 0 Å². The van der Waals surface area contributed by atoms with Gasteiger partial charge in [0.05, 0.1) is 25.4 Å². The van der Waals surface area contributed by atoms with Crippen molar-refractivity contribution < 1.29 is 24.5 Å². The van der Waals surface area contributed by atoms with Crippen LogP contribution in [-0.2, 0) is 14.3 Å². The summed E-state index contributed by atoms with van der Waals surface area (Å²) in [6, 6.07) is -0.625. The van der Waals surface area contributed by atoms with Gasteiger partial charge in [-0.3, -0.25) is 9.59 Å². The van der Waals surface area contributed by atoms with Crippen LogP contribution in [0.2, 0.25) is 0 Å². The van der Waals surface area contributed by atoms with Gasteiger partial charge in [0.1, 0.15) is 0 Å². The van der Waals surface area contributed by atoms with Gasteiger partial charge in [0.2, 0.25) is 5.91 Å². The van der Waals surface area contributed by atoms with Crippen LogP contribution in [0.1, 0.15) is 322 Å². The van der Waals surface area contributed by atoms with Gasteiger partial charge in [-0.25, -0.2) is 0 Å². The quantitative estimate of drug-likeness (QED) is 0.0321. The minimum Gasteiger partial charge on any atom is -0.466 e. The van der Waals surface area contributed by atoms with Gasteiger partial charge in [-0.1, -0.05) is 276 Å². The van der Waals surface area contributed by atoms with E-state index in [9.17, 15) is 19.8 Å². The van der Waals surface area contributed by atoms with Crippen molar-refractivity contribution >= 4 is 11.9 Å². The first-order valence-corrected chi connectivity index (χ1v) is 29.6. The Hall–Kier alpha value is -1.66. The predicted molar refractivity (Wildman–Crippen MR) is 287 cm³/mol. The van der Waals surface area contributed by atoms with Crippen LogP contribution >= 0.6 is 0 Å². The third-order valence-electron chi connectivity index (χ3n) is 13.7. The maximum atomic E-state index is 12.4. The zero-order valence-corrected chi connectivity index (χ0v) is 44.4. The molecule has 0 aliphatic heterocycles. The molecule has 1 amide bonds. The molecule has 0 rings (SSSR count). The number of carbonyl (C=O) groups excluding carboxylic acids is 2. The Labute approximate surface area is 411 Å². The third kappa shape index (κ3) is 51.7. The van der Waals surface area contributed by atoms with Gasteiger partial charge >= 0.3 is 5.97 Å². The summed E-state index contributed by atoms with van der Waals surface area (Å²) in [6.07, 6.45) is 67.8. The van der Waals surface area contributed by atoms with Gasteiger partial charge in [-0.2, -0.15) is 0 Å². The highest BCUT2D eigenvalue weighted by Gasteiger charge is 2.18. The topological polar surface area (TPSA) is 95.9 Å². The van der Waals surface area contributed by atoms with Crippen LogP contribution in [-0.4, -0.2) is 47.4 Å². The molecule has 0 saturated carbocycles. The molecule has 0 saturated heterocycles. The van der Waals surface area contributed by atoms with Gasteiger partial charge in [0, 0.05) is 12.8 Å². The van der Waals surface area contributed by atoms with Crippen LogP contribution < -0.4 is 5.32 Å².